The summed E-state index contributed by atoms with van der Waals surface area (Å²) in [5, 5.41) is 5.52. The molecular formula is C19H32N4O3. The van der Waals surface area contributed by atoms with Crippen LogP contribution in [0.4, 0.5) is 0 Å². The van der Waals surface area contributed by atoms with Gasteiger partial charge in [0.05, 0.1) is 13.1 Å². The first kappa shape index (κ1) is 19.1. The Morgan fingerprint density at radius 1 is 1.08 bits per heavy atom. The summed E-state index contributed by atoms with van der Waals surface area (Å²) in [5.74, 6) is 0.158. The number of piperazine rings is 1. The second-order valence-electron chi connectivity index (χ2n) is 9.78. The summed E-state index contributed by atoms with van der Waals surface area (Å²) < 4.78 is 0. The highest BCUT2D eigenvalue weighted by Crippen LogP contribution is 2.53. The van der Waals surface area contributed by atoms with Gasteiger partial charge in [0.25, 0.3) is 0 Å². The maximum Gasteiger partial charge on any atom is 0.239 e. The lowest BCUT2D eigenvalue weighted by Crippen LogP contribution is -2.52. The first-order valence-electron chi connectivity index (χ1n) is 9.58. The molecule has 2 aliphatic heterocycles. The van der Waals surface area contributed by atoms with Crippen molar-refractivity contribution in [3.8, 4) is 0 Å². The minimum absolute atomic E-state index is 0.000583. The summed E-state index contributed by atoms with van der Waals surface area (Å²) in [4.78, 5) is 40.7. The van der Waals surface area contributed by atoms with E-state index in [0.29, 0.717) is 12.5 Å². The Balaban J connectivity index is 1.41. The number of carbonyl (C=O) groups excluding carboxylic acids is 3. The van der Waals surface area contributed by atoms with Gasteiger partial charge in [-0.2, -0.15) is 0 Å². The molecule has 146 valence electrons. The van der Waals surface area contributed by atoms with E-state index >= 15 is 0 Å². The molecule has 0 spiro atoms. The van der Waals surface area contributed by atoms with Gasteiger partial charge in [-0.1, -0.05) is 13.8 Å². The SMILES string of the molecule is CC(C)(C)NC(=O)CNC(=O)CN1C[C@@H]2C[C@H]1CN2C(=O)[C@H]1CC1(C)C. The molecule has 3 amide bonds. The Bertz CT molecular complexity index is 610. The molecule has 0 aromatic carbocycles. The van der Waals surface area contributed by atoms with Gasteiger partial charge < -0.3 is 15.5 Å². The number of rotatable bonds is 5. The van der Waals surface area contributed by atoms with Gasteiger partial charge in [-0.25, -0.2) is 0 Å². The third-order valence-corrected chi connectivity index (χ3v) is 5.76. The first-order chi connectivity index (χ1) is 12.0. The van der Waals surface area contributed by atoms with Crippen molar-refractivity contribution in [2.75, 3.05) is 26.2 Å². The van der Waals surface area contributed by atoms with Gasteiger partial charge in [0.2, 0.25) is 17.7 Å². The molecule has 3 fully saturated rings. The number of nitrogens with one attached hydrogen (secondary N) is 2. The molecule has 2 heterocycles. The van der Waals surface area contributed by atoms with Gasteiger partial charge >= 0.3 is 0 Å². The topological polar surface area (TPSA) is 81.8 Å². The van der Waals surface area contributed by atoms with Crippen molar-refractivity contribution in [3.63, 3.8) is 0 Å². The molecule has 7 nitrogen and oxygen atoms in total. The predicted octanol–water partition coefficient (Wildman–Crippen LogP) is 0.349. The molecule has 3 aliphatic rings. The van der Waals surface area contributed by atoms with Gasteiger partial charge in [0, 0.05) is 36.6 Å². The summed E-state index contributed by atoms with van der Waals surface area (Å²) in [5.41, 5.74) is -0.145. The predicted molar refractivity (Wildman–Crippen MR) is 98.3 cm³/mol. The zero-order valence-electron chi connectivity index (χ0n) is 16.6. The van der Waals surface area contributed by atoms with Gasteiger partial charge in [-0.15, -0.1) is 0 Å². The first-order valence-corrected chi connectivity index (χ1v) is 9.58. The van der Waals surface area contributed by atoms with E-state index in [0.717, 1.165) is 25.9 Å². The molecule has 26 heavy (non-hydrogen) atoms. The van der Waals surface area contributed by atoms with E-state index in [4.69, 9.17) is 0 Å². The number of fused-ring (bicyclic) bond motifs is 2. The van der Waals surface area contributed by atoms with Crippen LogP contribution in [0, 0.1) is 11.3 Å². The lowest BCUT2D eigenvalue weighted by Gasteiger charge is -2.34. The van der Waals surface area contributed by atoms with E-state index in [2.05, 4.69) is 29.4 Å². The summed E-state index contributed by atoms with van der Waals surface area (Å²) in [7, 11) is 0. The number of amides is 3. The Hall–Kier alpha value is -1.63. The van der Waals surface area contributed by atoms with Crippen molar-refractivity contribution in [2.24, 2.45) is 11.3 Å². The van der Waals surface area contributed by atoms with E-state index in [-0.39, 0.29) is 47.3 Å². The van der Waals surface area contributed by atoms with Crippen LogP contribution < -0.4 is 10.6 Å². The maximum absolute atomic E-state index is 12.6. The molecule has 2 saturated heterocycles. The van der Waals surface area contributed by atoms with Crippen LogP contribution in [0.1, 0.15) is 47.5 Å². The van der Waals surface area contributed by atoms with Crippen molar-refractivity contribution in [1.82, 2.24) is 20.4 Å². The Labute approximate surface area is 155 Å². The molecule has 3 rings (SSSR count). The smallest absolute Gasteiger partial charge is 0.239 e. The van der Waals surface area contributed by atoms with Gasteiger partial charge in [0.1, 0.15) is 0 Å². The standard InChI is InChI=1S/C19H32N4O3/c1-18(2,3)21-15(24)8-20-16(25)11-22-9-13-6-12(22)10-23(13)17(26)14-7-19(14,4)5/h12-14H,6-11H2,1-5H3,(H,20,25)(H,21,24)/t12-,13-,14+/m0/s1. The fraction of sp³-hybridized carbons (Fsp3) is 0.842. The largest absolute Gasteiger partial charge is 0.350 e. The third-order valence-electron chi connectivity index (χ3n) is 5.76. The summed E-state index contributed by atoms with van der Waals surface area (Å²) in [6.07, 6.45) is 1.94. The normalized spacial score (nSPS) is 29.6. The highest BCUT2D eigenvalue weighted by molar-refractivity contribution is 5.86. The minimum Gasteiger partial charge on any atom is -0.350 e. The Morgan fingerprint density at radius 2 is 1.73 bits per heavy atom. The Kier molecular flexibility index (Phi) is 4.80. The number of carbonyl (C=O) groups is 3. The van der Waals surface area contributed by atoms with Crippen LogP contribution in [-0.4, -0.2) is 71.3 Å². The van der Waals surface area contributed by atoms with Crippen molar-refractivity contribution < 1.29 is 14.4 Å². The van der Waals surface area contributed by atoms with Crippen molar-refractivity contribution in [2.45, 2.75) is 65.1 Å². The number of nitrogens with zero attached hydrogens (tertiary/aromatic N) is 2. The molecule has 0 aromatic rings. The summed E-state index contributed by atoms with van der Waals surface area (Å²) in [6.45, 7) is 11.8. The third kappa shape index (κ3) is 4.19. The highest BCUT2D eigenvalue weighted by Gasteiger charge is 2.55. The number of likely N-dealkylation sites (tertiary alicyclic amines) is 2. The number of hydrogen-bond donors (Lipinski definition) is 2. The van der Waals surface area contributed by atoms with Crippen LogP contribution in [0.2, 0.25) is 0 Å². The monoisotopic (exact) mass is 364 g/mol. The van der Waals surface area contributed by atoms with E-state index < -0.39 is 0 Å². The van der Waals surface area contributed by atoms with Crippen LogP contribution in [0.25, 0.3) is 0 Å². The molecule has 0 unspecified atom stereocenters. The molecular weight excluding hydrogens is 332 g/mol. The fourth-order valence-electron chi connectivity index (χ4n) is 4.18. The van der Waals surface area contributed by atoms with Crippen LogP contribution in [0.15, 0.2) is 0 Å². The molecule has 2 bridgehead atoms. The Morgan fingerprint density at radius 3 is 2.23 bits per heavy atom. The molecule has 0 aromatic heterocycles. The van der Waals surface area contributed by atoms with Crippen molar-refractivity contribution in [1.29, 1.82) is 0 Å². The molecule has 3 atom stereocenters. The van der Waals surface area contributed by atoms with E-state index in [1.807, 2.05) is 25.7 Å². The van der Waals surface area contributed by atoms with Crippen LogP contribution in [-0.2, 0) is 14.4 Å². The maximum atomic E-state index is 12.6. The summed E-state index contributed by atoms with van der Waals surface area (Å²) >= 11 is 0. The minimum atomic E-state index is -0.304. The van der Waals surface area contributed by atoms with Crippen LogP contribution in [0.5, 0.6) is 0 Å². The van der Waals surface area contributed by atoms with Crippen LogP contribution in [0.3, 0.4) is 0 Å². The van der Waals surface area contributed by atoms with Gasteiger partial charge in [-0.3, -0.25) is 19.3 Å². The molecule has 1 aliphatic carbocycles. The fourth-order valence-corrected chi connectivity index (χ4v) is 4.18. The van der Waals surface area contributed by atoms with Crippen molar-refractivity contribution >= 4 is 17.7 Å². The number of hydrogen-bond acceptors (Lipinski definition) is 4. The molecule has 2 N–H and O–H groups in total. The van der Waals surface area contributed by atoms with E-state index in [1.165, 1.54) is 0 Å². The quantitative estimate of drug-likeness (QED) is 0.738. The molecule has 7 heteroatoms. The molecule has 0 radical (unpaired) electrons. The van der Waals surface area contributed by atoms with E-state index in [9.17, 15) is 14.4 Å². The highest BCUT2D eigenvalue weighted by atomic mass is 16.2. The lowest BCUT2D eigenvalue weighted by molar-refractivity contribution is -0.136. The average molecular weight is 364 g/mol. The van der Waals surface area contributed by atoms with E-state index in [1.54, 1.807) is 0 Å². The van der Waals surface area contributed by atoms with Crippen LogP contribution >= 0.6 is 0 Å². The zero-order valence-corrected chi connectivity index (χ0v) is 16.6. The van der Waals surface area contributed by atoms with Gasteiger partial charge in [0.15, 0.2) is 0 Å². The lowest BCUT2D eigenvalue weighted by atomic mass is 10.1. The zero-order chi connectivity index (χ0) is 19.3. The summed E-state index contributed by atoms with van der Waals surface area (Å²) in [6, 6.07) is 0.501. The average Bonchev–Trinajstić information content (AvgIpc) is 2.85. The molecule has 1 saturated carbocycles. The van der Waals surface area contributed by atoms with Crippen molar-refractivity contribution in [3.05, 3.63) is 0 Å². The second-order valence-corrected chi connectivity index (χ2v) is 9.78. The van der Waals surface area contributed by atoms with Gasteiger partial charge in [-0.05, 0) is 39.0 Å². The second kappa shape index (κ2) is 6.51.